The molecule has 3 heteroatoms. The van der Waals surface area contributed by atoms with Crippen LogP contribution in [0.15, 0.2) is 0 Å². The summed E-state index contributed by atoms with van der Waals surface area (Å²) < 4.78 is 10.8. The third-order valence-corrected chi connectivity index (χ3v) is 2.07. The summed E-state index contributed by atoms with van der Waals surface area (Å²) in [6, 6.07) is 0. The molecule has 0 aromatic rings. The Bertz CT molecular complexity index is 103. The summed E-state index contributed by atoms with van der Waals surface area (Å²) >= 11 is 0. The molecule has 0 radical (unpaired) electrons. The van der Waals surface area contributed by atoms with Crippen LogP contribution in [0, 0.1) is 0 Å². The predicted molar refractivity (Wildman–Crippen MR) is 48.1 cm³/mol. The Balaban J connectivity index is 1.81. The Morgan fingerprint density at radius 1 is 1.42 bits per heavy atom. The van der Waals surface area contributed by atoms with E-state index in [1.165, 1.54) is 6.42 Å². The van der Waals surface area contributed by atoms with E-state index in [2.05, 4.69) is 0 Å². The first-order valence-corrected chi connectivity index (χ1v) is 4.83. The fourth-order valence-electron chi connectivity index (χ4n) is 1.34. The van der Waals surface area contributed by atoms with E-state index in [1.807, 2.05) is 0 Å². The van der Waals surface area contributed by atoms with E-state index in [-0.39, 0.29) is 0 Å². The highest BCUT2D eigenvalue weighted by Crippen LogP contribution is 2.11. The van der Waals surface area contributed by atoms with Crippen LogP contribution < -0.4 is 5.73 Å². The summed E-state index contributed by atoms with van der Waals surface area (Å²) in [5.74, 6) is 0. The highest BCUT2D eigenvalue weighted by atomic mass is 16.5. The molecular formula is C9H19NO2. The van der Waals surface area contributed by atoms with Gasteiger partial charge in [0.15, 0.2) is 0 Å². The van der Waals surface area contributed by atoms with Crippen molar-refractivity contribution in [3.63, 3.8) is 0 Å². The van der Waals surface area contributed by atoms with Crippen LogP contribution in [0.25, 0.3) is 0 Å². The largest absolute Gasteiger partial charge is 0.379 e. The molecule has 1 rings (SSSR count). The summed E-state index contributed by atoms with van der Waals surface area (Å²) in [5, 5.41) is 0. The predicted octanol–water partition coefficient (Wildman–Crippen LogP) is 0.921. The number of nitrogens with two attached hydrogens (primary N) is 1. The van der Waals surface area contributed by atoms with Gasteiger partial charge in [0, 0.05) is 13.2 Å². The van der Waals surface area contributed by atoms with Gasteiger partial charge in [-0.1, -0.05) is 0 Å². The standard InChI is InChI=1S/C9H19NO2/c10-5-1-2-6-11-8-9-4-3-7-12-9/h9H,1-8,10H2. The lowest BCUT2D eigenvalue weighted by Gasteiger charge is -2.09. The third-order valence-electron chi connectivity index (χ3n) is 2.07. The molecule has 0 aliphatic carbocycles. The van der Waals surface area contributed by atoms with Crippen molar-refractivity contribution in [3.8, 4) is 0 Å². The summed E-state index contributed by atoms with van der Waals surface area (Å²) in [6.45, 7) is 3.28. The van der Waals surface area contributed by atoms with E-state index in [9.17, 15) is 0 Å². The summed E-state index contributed by atoms with van der Waals surface area (Å²) in [4.78, 5) is 0. The molecule has 0 spiro atoms. The van der Waals surface area contributed by atoms with Crippen molar-refractivity contribution in [2.75, 3.05) is 26.4 Å². The second-order valence-corrected chi connectivity index (χ2v) is 3.21. The van der Waals surface area contributed by atoms with E-state index in [4.69, 9.17) is 15.2 Å². The van der Waals surface area contributed by atoms with Crippen LogP contribution in [0.5, 0.6) is 0 Å². The van der Waals surface area contributed by atoms with Crippen LogP contribution in [0.2, 0.25) is 0 Å². The van der Waals surface area contributed by atoms with E-state index in [0.717, 1.165) is 45.6 Å². The van der Waals surface area contributed by atoms with Gasteiger partial charge < -0.3 is 15.2 Å². The quantitative estimate of drug-likeness (QED) is 0.607. The minimum absolute atomic E-state index is 0.364. The van der Waals surface area contributed by atoms with Crippen molar-refractivity contribution in [1.82, 2.24) is 0 Å². The normalized spacial score (nSPS) is 23.2. The van der Waals surface area contributed by atoms with Crippen molar-refractivity contribution in [2.24, 2.45) is 5.73 Å². The maximum absolute atomic E-state index is 5.44. The molecule has 1 aliphatic rings. The fraction of sp³-hybridized carbons (Fsp3) is 1.00. The summed E-state index contributed by atoms with van der Waals surface area (Å²) in [7, 11) is 0. The molecule has 2 N–H and O–H groups in total. The first-order valence-electron chi connectivity index (χ1n) is 4.83. The molecule has 1 heterocycles. The average molecular weight is 173 g/mol. The first kappa shape index (κ1) is 9.96. The molecular weight excluding hydrogens is 154 g/mol. The fourth-order valence-corrected chi connectivity index (χ4v) is 1.34. The molecule has 3 nitrogen and oxygen atoms in total. The van der Waals surface area contributed by atoms with Crippen molar-refractivity contribution in [3.05, 3.63) is 0 Å². The SMILES string of the molecule is NCCCCOCC1CCCO1. The van der Waals surface area contributed by atoms with Gasteiger partial charge in [-0.15, -0.1) is 0 Å². The zero-order chi connectivity index (χ0) is 8.65. The minimum atomic E-state index is 0.364. The zero-order valence-electron chi connectivity index (χ0n) is 7.63. The monoisotopic (exact) mass is 173 g/mol. The second kappa shape index (κ2) is 6.40. The maximum Gasteiger partial charge on any atom is 0.0809 e. The molecule has 1 fully saturated rings. The lowest BCUT2D eigenvalue weighted by Crippen LogP contribution is -2.14. The molecule has 0 aromatic carbocycles. The summed E-state index contributed by atoms with van der Waals surface area (Å²) in [5.41, 5.74) is 5.35. The van der Waals surface area contributed by atoms with Gasteiger partial charge in [0.1, 0.15) is 0 Å². The molecule has 1 atom stereocenters. The maximum atomic E-state index is 5.44. The number of hydrogen-bond acceptors (Lipinski definition) is 3. The molecule has 0 saturated carbocycles. The highest BCUT2D eigenvalue weighted by Gasteiger charge is 2.14. The van der Waals surface area contributed by atoms with Gasteiger partial charge in [0.05, 0.1) is 12.7 Å². The first-order chi connectivity index (χ1) is 5.93. The van der Waals surface area contributed by atoms with Gasteiger partial charge in [0.2, 0.25) is 0 Å². The average Bonchev–Trinajstić information content (AvgIpc) is 2.57. The van der Waals surface area contributed by atoms with Crippen molar-refractivity contribution in [1.29, 1.82) is 0 Å². The Kier molecular flexibility index (Phi) is 5.32. The molecule has 1 unspecified atom stereocenters. The Hall–Kier alpha value is -0.120. The van der Waals surface area contributed by atoms with Gasteiger partial charge in [-0.3, -0.25) is 0 Å². The Labute approximate surface area is 74.2 Å². The van der Waals surface area contributed by atoms with E-state index in [0.29, 0.717) is 6.10 Å². The molecule has 0 aromatic heterocycles. The number of rotatable bonds is 6. The minimum Gasteiger partial charge on any atom is -0.379 e. The lowest BCUT2D eigenvalue weighted by molar-refractivity contribution is 0.0163. The highest BCUT2D eigenvalue weighted by molar-refractivity contribution is 4.63. The van der Waals surface area contributed by atoms with Gasteiger partial charge in [-0.2, -0.15) is 0 Å². The Morgan fingerprint density at radius 3 is 3.00 bits per heavy atom. The van der Waals surface area contributed by atoms with Crippen LogP contribution in [-0.4, -0.2) is 32.5 Å². The van der Waals surface area contributed by atoms with Crippen molar-refractivity contribution in [2.45, 2.75) is 31.8 Å². The molecule has 72 valence electrons. The van der Waals surface area contributed by atoms with Gasteiger partial charge >= 0.3 is 0 Å². The third kappa shape index (κ3) is 4.04. The van der Waals surface area contributed by atoms with E-state index >= 15 is 0 Å². The van der Waals surface area contributed by atoms with Crippen LogP contribution in [0.4, 0.5) is 0 Å². The zero-order valence-corrected chi connectivity index (χ0v) is 7.63. The molecule has 0 bridgehead atoms. The van der Waals surface area contributed by atoms with Crippen molar-refractivity contribution < 1.29 is 9.47 Å². The van der Waals surface area contributed by atoms with Crippen LogP contribution in [-0.2, 0) is 9.47 Å². The lowest BCUT2D eigenvalue weighted by atomic mass is 10.2. The molecule has 12 heavy (non-hydrogen) atoms. The van der Waals surface area contributed by atoms with Crippen molar-refractivity contribution >= 4 is 0 Å². The van der Waals surface area contributed by atoms with Crippen LogP contribution in [0.3, 0.4) is 0 Å². The summed E-state index contributed by atoms with van der Waals surface area (Å²) in [6.07, 6.45) is 4.85. The van der Waals surface area contributed by atoms with Gasteiger partial charge in [-0.25, -0.2) is 0 Å². The topological polar surface area (TPSA) is 44.5 Å². The smallest absolute Gasteiger partial charge is 0.0809 e. The van der Waals surface area contributed by atoms with Crippen LogP contribution >= 0.6 is 0 Å². The Morgan fingerprint density at radius 2 is 2.33 bits per heavy atom. The molecule has 1 saturated heterocycles. The number of ether oxygens (including phenoxy) is 2. The van der Waals surface area contributed by atoms with Gasteiger partial charge in [0.25, 0.3) is 0 Å². The van der Waals surface area contributed by atoms with E-state index < -0.39 is 0 Å². The number of hydrogen-bond donors (Lipinski definition) is 1. The molecule has 0 amide bonds. The van der Waals surface area contributed by atoms with Gasteiger partial charge in [-0.05, 0) is 32.2 Å². The molecule has 1 aliphatic heterocycles. The number of unbranched alkanes of at least 4 members (excludes halogenated alkanes) is 1. The van der Waals surface area contributed by atoms with E-state index in [1.54, 1.807) is 0 Å². The van der Waals surface area contributed by atoms with Crippen LogP contribution in [0.1, 0.15) is 25.7 Å². The second-order valence-electron chi connectivity index (χ2n) is 3.21.